The first-order valence-corrected chi connectivity index (χ1v) is 11.7. The van der Waals surface area contributed by atoms with Crippen molar-refractivity contribution >= 4 is 38.1 Å². The van der Waals surface area contributed by atoms with Crippen molar-refractivity contribution in [2.45, 2.75) is 31.6 Å². The lowest BCUT2D eigenvalue weighted by Gasteiger charge is -2.18. The highest BCUT2D eigenvalue weighted by Crippen LogP contribution is 2.36. The molecule has 0 radical (unpaired) electrons. The molecule has 4 rings (SSSR count). The number of aromatic nitrogens is 1. The van der Waals surface area contributed by atoms with Crippen molar-refractivity contribution in [2.75, 3.05) is 16.6 Å². The van der Waals surface area contributed by atoms with E-state index in [-0.39, 0.29) is 22.5 Å². The first-order chi connectivity index (χ1) is 14.2. The maximum absolute atomic E-state index is 12.8. The Hall–Kier alpha value is -2.91. The molecule has 1 aromatic heterocycles. The van der Waals surface area contributed by atoms with Gasteiger partial charge in [0.2, 0.25) is 0 Å². The van der Waals surface area contributed by atoms with Crippen LogP contribution in [0.2, 0.25) is 0 Å². The minimum Gasteiger partial charge on any atom is -0.482 e. The molecule has 2 heterocycles. The zero-order valence-electron chi connectivity index (χ0n) is 16.7. The van der Waals surface area contributed by atoms with Crippen LogP contribution in [0.15, 0.2) is 47.4 Å². The van der Waals surface area contributed by atoms with E-state index in [0.717, 1.165) is 16.0 Å². The highest BCUT2D eigenvalue weighted by atomic mass is 32.2. The van der Waals surface area contributed by atoms with Crippen molar-refractivity contribution in [3.8, 4) is 17.0 Å². The van der Waals surface area contributed by atoms with Crippen LogP contribution in [0.1, 0.15) is 30.2 Å². The molecule has 9 heteroatoms. The van der Waals surface area contributed by atoms with Gasteiger partial charge < -0.3 is 10.1 Å². The van der Waals surface area contributed by atoms with Gasteiger partial charge in [-0.05, 0) is 48.7 Å². The lowest BCUT2D eigenvalue weighted by Crippen LogP contribution is -2.25. The zero-order chi connectivity index (χ0) is 21.5. The third-order valence-electron chi connectivity index (χ3n) is 4.76. The second-order valence-corrected chi connectivity index (χ2v) is 10.2. The maximum atomic E-state index is 12.8. The van der Waals surface area contributed by atoms with Crippen molar-refractivity contribution < 1.29 is 17.9 Å². The van der Waals surface area contributed by atoms with Crippen LogP contribution < -0.4 is 14.8 Å². The number of nitrogens with zero attached hydrogens (tertiary/aromatic N) is 1. The average molecular weight is 444 g/mol. The van der Waals surface area contributed by atoms with E-state index in [2.05, 4.69) is 28.9 Å². The highest BCUT2D eigenvalue weighted by Gasteiger charge is 2.21. The number of nitrogens with one attached hydrogen (secondary N) is 2. The summed E-state index contributed by atoms with van der Waals surface area (Å²) >= 11 is 1.26. The van der Waals surface area contributed by atoms with Crippen LogP contribution in [-0.4, -0.2) is 25.9 Å². The summed E-state index contributed by atoms with van der Waals surface area (Å²) in [4.78, 5) is 17.1. The molecule has 0 fully saturated rings. The molecule has 0 spiro atoms. The second kappa shape index (κ2) is 7.73. The number of anilines is 2. The fourth-order valence-corrected chi connectivity index (χ4v) is 5.21. The predicted molar refractivity (Wildman–Crippen MR) is 118 cm³/mol. The van der Waals surface area contributed by atoms with Crippen LogP contribution in [0.4, 0.5) is 10.8 Å². The standard InChI is InChI=1S/C21H21N3O4S2/c1-12(2)14-4-7-16(8-5-14)30(26,27)24-21-23-20(13(3)29-21)15-6-9-18-17(10-15)22-19(25)11-28-18/h4-10,12H,11H2,1-3H3,(H,22,25)(H,23,24). The van der Waals surface area contributed by atoms with E-state index in [4.69, 9.17) is 4.74 Å². The Balaban J connectivity index is 1.60. The van der Waals surface area contributed by atoms with Crippen LogP contribution in [0.5, 0.6) is 5.75 Å². The number of carbonyl (C=O) groups is 1. The summed E-state index contributed by atoms with van der Waals surface area (Å²) in [5.74, 6) is 0.703. The molecular weight excluding hydrogens is 422 g/mol. The van der Waals surface area contributed by atoms with Crippen molar-refractivity contribution in [3.05, 3.63) is 52.9 Å². The Bertz CT molecular complexity index is 1220. The summed E-state index contributed by atoms with van der Waals surface area (Å²) in [6.45, 7) is 5.97. The first kappa shape index (κ1) is 20.4. The van der Waals surface area contributed by atoms with E-state index in [0.29, 0.717) is 23.0 Å². The number of carbonyl (C=O) groups excluding carboxylic acids is 1. The quantitative estimate of drug-likeness (QED) is 0.610. The van der Waals surface area contributed by atoms with Crippen molar-refractivity contribution in [3.63, 3.8) is 0 Å². The van der Waals surface area contributed by atoms with E-state index in [1.165, 1.54) is 11.3 Å². The van der Waals surface area contributed by atoms with E-state index < -0.39 is 10.0 Å². The van der Waals surface area contributed by atoms with Crippen LogP contribution in [-0.2, 0) is 14.8 Å². The normalized spacial score (nSPS) is 13.5. The van der Waals surface area contributed by atoms with Gasteiger partial charge in [-0.1, -0.05) is 26.0 Å². The van der Waals surface area contributed by atoms with Gasteiger partial charge in [-0.3, -0.25) is 9.52 Å². The second-order valence-electron chi connectivity index (χ2n) is 7.30. The maximum Gasteiger partial charge on any atom is 0.263 e. The van der Waals surface area contributed by atoms with Gasteiger partial charge in [0, 0.05) is 10.4 Å². The number of hydrogen-bond acceptors (Lipinski definition) is 6. The summed E-state index contributed by atoms with van der Waals surface area (Å²) in [6, 6.07) is 12.2. The fourth-order valence-electron chi connectivity index (χ4n) is 3.14. The van der Waals surface area contributed by atoms with Crippen LogP contribution in [0.3, 0.4) is 0 Å². The van der Waals surface area contributed by atoms with Gasteiger partial charge in [-0.15, -0.1) is 11.3 Å². The zero-order valence-corrected chi connectivity index (χ0v) is 18.4. The smallest absolute Gasteiger partial charge is 0.263 e. The summed E-state index contributed by atoms with van der Waals surface area (Å²) in [5.41, 5.74) is 3.06. The molecule has 30 heavy (non-hydrogen) atoms. The Morgan fingerprint density at radius 3 is 2.60 bits per heavy atom. The molecule has 1 aliphatic heterocycles. The van der Waals surface area contributed by atoms with Gasteiger partial charge in [0.15, 0.2) is 11.7 Å². The number of hydrogen-bond donors (Lipinski definition) is 2. The average Bonchev–Trinajstić information content (AvgIpc) is 3.06. The van der Waals surface area contributed by atoms with E-state index >= 15 is 0 Å². The minimum atomic E-state index is -3.74. The summed E-state index contributed by atoms with van der Waals surface area (Å²) in [7, 11) is -3.74. The van der Waals surface area contributed by atoms with Crippen molar-refractivity contribution in [2.24, 2.45) is 0 Å². The third kappa shape index (κ3) is 4.03. The minimum absolute atomic E-state index is 0.00779. The molecule has 0 saturated carbocycles. The molecule has 7 nitrogen and oxygen atoms in total. The van der Waals surface area contributed by atoms with Gasteiger partial charge in [0.05, 0.1) is 16.3 Å². The monoisotopic (exact) mass is 443 g/mol. The lowest BCUT2D eigenvalue weighted by atomic mass is 10.0. The number of amides is 1. The summed E-state index contributed by atoms with van der Waals surface area (Å²) in [6.07, 6.45) is 0. The number of aryl methyl sites for hydroxylation is 1. The molecule has 1 amide bonds. The van der Waals surface area contributed by atoms with Crippen LogP contribution in [0, 0.1) is 6.92 Å². The number of ether oxygens (including phenoxy) is 1. The largest absolute Gasteiger partial charge is 0.482 e. The summed E-state index contributed by atoms with van der Waals surface area (Å²) in [5, 5.41) is 3.05. The van der Waals surface area contributed by atoms with Crippen LogP contribution >= 0.6 is 11.3 Å². The molecule has 0 saturated heterocycles. The van der Waals surface area contributed by atoms with E-state index in [1.807, 2.05) is 25.1 Å². The molecule has 0 bridgehead atoms. The molecule has 0 atom stereocenters. The van der Waals surface area contributed by atoms with E-state index in [9.17, 15) is 13.2 Å². The number of sulfonamides is 1. The SMILES string of the molecule is Cc1sc(NS(=O)(=O)c2ccc(C(C)C)cc2)nc1-c1ccc2c(c1)NC(=O)CO2. The Kier molecular flexibility index (Phi) is 5.25. The van der Waals surface area contributed by atoms with Gasteiger partial charge in [-0.25, -0.2) is 13.4 Å². The lowest BCUT2D eigenvalue weighted by molar-refractivity contribution is -0.118. The molecule has 0 aliphatic carbocycles. The topological polar surface area (TPSA) is 97.4 Å². The molecule has 0 unspecified atom stereocenters. The Morgan fingerprint density at radius 1 is 1.17 bits per heavy atom. The molecule has 156 valence electrons. The Morgan fingerprint density at radius 2 is 1.90 bits per heavy atom. The fraction of sp³-hybridized carbons (Fsp3) is 0.238. The first-order valence-electron chi connectivity index (χ1n) is 9.40. The third-order valence-corrected chi connectivity index (χ3v) is 7.13. The van der Waals surface area contributed by atoms with E-state index in [1.54, 1.807) is 24.3 Å². The Labute approximate surface area is 179 Å². The predicted octanol–water partition coefficient (Wildman–Crippen LogP) is 4.37. The number of thiazole rings is 1. The molecule has 2 aromatic carbocycles. The highest BCUT2D eigenvalue weighted by molar-refractivity contribution is 7.93. The number of rotatable bonds is 5. The molecule has 2 N–H and O–H groups in total. The van der Waals surface area contributed by atoms with Crippen molar-refractivity contribution in [1.29, 1.82) is 0 Å². The van der Waals surface area contributed by atoms with Crippen LogP contribution in [0.25, 0.3) is 11.3 Å². The van der Waals surface area contributed by atoms with Gasteiger partial charge in [0.1, 0.15) is 5.75 Å². The van der Waals surface area contributed by atoms with Crippen molar-refractivity contribution in [1.82, 2.24) is 4.98 Å². The van der Waals surface area contributed by atoms with Gasteiger partial charge in [0.25, 0.3) is 15.9 Å². The summed E-state index contributed by atoms with van der Waals surface area (Å²) < 4.78 is 33.5. The number of benzene rings is 2. The number of fused-ring (bicyclic) bond motifs is 1. The van der Waals surface area contributed by atoms with Gasteiger partial charge >= 0.3 is 0 Å². The molecule has 3 aromatic rings. The molecular formula is C21H21N3O4S2. The van der Waals surface area contributed by atoms with Gasteiger partial charge in [-0.2, -0.15) is 0 Å². The molecule has 1 aliphatic rings.